The second kappa shape index (κ2) is 5.49. The Morgan fingerprint density at radius 1 is 1.50 bits per heavy atom. The van der Waals surface area contributed by atoms with Crippen LogP contribution in [0.4, 0.5) is 14.9 Å². The Kier molecular flexibility index (Phi) is 4.28. The molecular formula is C12H16FNO2. The summed E-state index contributed by atoms with van der Waals surface area (Å²) < 4.78 is 17.8. The lowest BCUT2D eigenvalue weighted by Crippen LogP contribution is -2.15. The first-order chi connectivity index (χ1) is 7.54. The molecule has 0 bridgehead atoms. The quantitative estimate of drug-likeness (QED) is 0.854. The zero-order valence-electron chi connectivity index (χ0n) is 9.71. The van der Waals surface area contributed by atoms with Gasteiger partial charge in [-0.2, -0.15) is 0 Å². The average molecular weight is 225 g/mol. The van der Waals surface area contributed by atoms with Crippen LogP contribution in [0.2, 0.25) is 0 Å². The zero-order valence-corrected chi connectivity index (χ0v) is 9.71. The lowest BCUT2D eigenvalue weighted by Gasteiger charge is -2.13. The summed E-state index contributed by atoms with van der Waals surface area (Å²) in [5, 5.41) is 2.53. The predicted molar refractivity (Wildman–Crippen MR) is 61.1 cm³/mol. The highest BCUT2D eigenvalue weighted by Gasteiger charge is 2.10. The molecule has 1 aromatic rings. The molecule has 4 heteroatoms. The lowest BCUT2D eigenvalue weighted by molar-refractivity contribution is 0.168. The van der Waals surface area contributed by atoms with Crippen LogP contribution in [0.3, 0.4) is 0 Å². The number of nitrogens with one attached hydrogen (secondary N) is 1. The van der Waals surface area contributed by atoms with Crippen LogP contribution in [0.15, 0.2) is 18.2 Å². The number of carbonyl (C=O) groups excluding carboxylic acids is 1. The lowest BCUT2D eigenvalue weighted by atomic mass is 10.0. The summed E-state index contributed by atoms with van der Waals surface area (Å²) in [6.07, 6.45) is -0.560. The largest absolute Gasteiger partial charge is 0.450 e. The Morgan fingerprint density at radius 2 is 2.19 bits per heavy atom. The Balaban J connectivity index is 2.92. The molecule has 0 radical (unpaired) electrons. The highest BCUT2D eigenvalue weighted by molar-refractivity contribution is 5.85. The van der Waals surface area contributed by atoms with Crippen molar-refractivity contribution in [3.63, 3.8) is 0 Å². The molecule has 0 aliphatic rings. The van der Waals surface area contributed by atoms with Gasteiger partial charge in [-0.15, -0.1) is 0 Å². The van der Waals surface area contributed by atoms with E-state index in [9.17, 15) is 9.18 Å². The van der Waals surface area contributed by atoms with Gasteiger partial charge in [0.15, 0.2) is 0 Å². The van der Waals surface area contributed by atoms with Gasteiger partial charge in [-0.1, -0.05) is 19.9 Å². The number of carbonyl (C=O) groups is 1. The molecule has 1 amide bonds. The molecule has 88 valence electrons. The molecule has 1 aromatic carbocycles. The molecule has 0 spiro atoms. The predicted octanol–water partition coefficient (Wildman–Crippen LogP) is 3.52. The van der Waals surface area contributed by atoms with Crippen molar-refractivity contribution in [3.05, 3.63) is 29.6 Å². The number of hydrogen-bond acceptors (Lipinski definition) is 2. The fourth-order valence-corrected chi connectivity index (χ4v) is 1.42. The Morgan fingerprint density at radius 3 is 2.75 bits per heavy atom. The number of hydrogen-bond donors (Lipinski definition) is 1. The van der Waals surface area contributed by atoms with Gasteiger partial charge in [-0.05, 0) is 30.5 Å². The molecule has 0 fully saturated rings. The minimum absolute atomic E-state index is 0.206. The van der Waals surface area contributed by atoms with Crippen LogP contribution in [-0.4, -0.2) is 12.7 Å². The highest BCUT2D eigenvalue weighted by atomic mass is 19.1. The van der Waals surface area contributed by atoms with E-state index in [2.05, 4.69) is 5.32 Å². The van der Waals surface area contributed by atoms with Gasteiger partial charge in [0.25, 0.3) is 0 Å². The van der Waals surface area contributed by atoms with Crippen molar-refractivity contribution in [2.45, 2.75) is 26.7 Å². The summed E-state index contributed by atoms with van der Waals surface area (Å²) in [6, 6.07) is 4.35. The van der Waals surface area contributed by atoms with Gasteiger partial charge in [0.1, 0.15) is 5.82 Å². The first kappa shape index (κ1) is 12.5. The molecule has 1 rings (SSSR count). The van der Waals surface area contributed by atoms with E-state index in [0.29, 0.717) is 5.69 Å². The van der Waals surface area contributed by atoms with Crippen LogP contribution in [0, 0.1) is 5.82 Å². The van der Waals surface area contributed by atoms with E-state index in [4.69, 9.17) is 4.74 Å². The monoisotopic (exact) mass is 225 g/mol. The van der Waals surface area contributed by atoms with Gasteiger partial charge in [-0.3, -0.25) is 5.32 Å². The maximum Gasteiger partial charge on any atom is 0.411 e. The third kappa shape index (κ3) is 3.22. The van der Waals surface area contributed by atoms with Gasteiger partial charge in [0, 0.05) is 0 Å². The van der Waals surface area contributed by atoms with Crippen LogP contribution in [-0.2, 0) is 4.74 Å². The van der Waals surface area contributed by atoms with E-state index in [0.717, 1.165) is 5.56 Å². The fraction of sp³-hybridized carbons (Fsp3) is 0.417. The second-order valence-corrected chi connectivity index (χ2v) is 3.73. The third-order valence-corrected chi connectivity index (χ3v) is 2.15. The van der Waals surface area contributed by atoms with E-state index < -0.39 is 6.09 Å². The molecule has 0 unspecified atom stereocenters. The van der Waals surface area contributed by atoms with Crippen LogP contribution < -0.4 is 5.32 Å². The van der Waals surface area contributed by atoms with Gasteiger partial charge < -0.3 is 4.74 Å². The summed E-state index contributed by atoms with van der Waals surface area (Å²) in [6.45, 7) is 5.96. The average Bonchev–Trinajstić information content (AvgIpc) is 2.17. The Bertz CT molecular complexity index is 377. The molecule has 0 saturated carbocycles. The van der Waals surface area contributed by atoms with Crippen molar-refractivity contribution >= 4 is 11.8 Å². The maximum atomic E-state index is 13.1. The van der Waals surface area contributed by atoms with Gasteiger partial charge in [0.2, 0.25) is 0 Å². The topological polar surface area (TPSA) is 38.3 Å². The van der Waals surface area contributed by atoms with E-state index in [1.54, 1.807) is 13.0 Å². The zero-order chi connectivity index (χ0) is 12.1. The molecule has 0 aromatic heterocycles. The van der Waals surface area contributed by atoms with E-state index >= 15 is 0 Å². The number of anilines is 1. The Hall–Kier alpha value is -1.58. The first-order valence-corrected chi connectivity index (χ1v) is 5.27. The molecule has 16 heavy (non-hydrogen) atoms. The standard InChI is InChI=1S/C12H16FNO2/c1-4-16-12(15)14-11-7-9(13)5-6-10(11)8(2)3/h5-8H,4H2,1-3H3,(H,14,15). The molecule has 0 heterocycles. The molecule has 1 N–H and O–H groups in total. The van der Waals surface area contributed by atoms with Crippen LogP contribution in [0.1, 0.15) is 32.3 Å². The van der Waals surface area contributed by atoms with Crippen LogP contribution in [0.25, 0.3) is 0 Å². The smallest absolute Gasteiger partial charge is 0.411 e. The number of ether oxygens (including phenoxy) is 1. The summed E-state index contributed by atoms with van der Waals surface area (Å²) in [5.74, 6) is -0.172. The summed E-state index contributed by atoms with van der Waals surface area (Å²) in [5.41, 5.74) is 1.35. The summed E-state index contributed by atoms with van der Waals surface area (Å²) in [4.78, 5) is 11.2. The number of amides is 1. The van der Waals surface area contributed by atoms with Crippen molar-refractivity contribution in [1.29, 1.82) is 0 Å². The van der Waals surface area contributed by atoms with E-state index in [1.165, 1.54) is 12.1 Å². The SMILES string of the molecule is CCOC(=O)Nc1cc(F)ccc1C(C)C. The van der Waals surface area contributed by atoms with Crippen molar-refractivity contribution in [3.8, 4) is 0 Å². The Labute approximate surface area is 94.6 Å². The van der Waals surface area contributed by atoms with E-state index in [-0.39, 0.29) is 18.3 Å². The normalized spacial score (nSPS) is 10.3. The molecule has 0 atom stereocenters. The molecule has 3 nitrogen and oxygen atoms in total. The maximum absolute atomic E-state index is 13.1. The molecule has 0 aliphatic heterocycles. The van der Waals surface area contributed by atoms with Crippen molar-refractivity contribution in [2.75, 3.05) is 11.9 Å². The van der Waals surface area contributed by atoms with Crippen molar-refractivity contribution in [2.24, 2.45) is 0 Å². The van der Waals surface area contributed by atoms with Crippen molar-refractivity contribution in [1.82, 2.24) is 0 Å². The number of halogens is 1. The second-order valence-electron chi connectivity index (χ2n) is 3.73. The molecular weight excluding hydrogens is 209 g/mol. The van der Waals surface area contributed by atoms with Crippen LogP contribution >= 0.6 is 0 Å². The van der Waals surface area contributed by atoms with Gasteiger partial charge >= 0.3 is 6.09 Å². The van der Waals surface area contributed by atoms with Crippen molar-refractivity contribution < 1.29 is 13.9 Å². The van der Waals surface area contributed by atoms with Gasteiger partial charge in [-0.25, -0.2) is 9.18 Å². The number of rotatable bonds is 3. The minimum atomic E-state index is -0.560. The third-order valence-electron chi connectivity index (χ3n) is 2.15. The number of benzene rings is 1. The van der Waals surface area contributed by atoms with Gasteiger partial charge in [0.05, 0.1) is 12.3 Å². The van der Waals surface area contributed by atoms with Crippen LogP contribution in [0.5, 0.6) is 0 Å². The highest BCUT2D eigenvalue weighted by Crippen LogP contribution is 2.25. The van der Waals surface area contributed by atoms with E-state index in [1.807, 2.05) is 13.8 Å². The summed E-state index contributed by atoms with van der Waals surface area (Å²) in [7, 11) is 0. The molecule has 0 saturated heterocycles. The minimum Gasteiger partial charge on any atom is -0.450 e. The summed E-state index contributed by atoms with van der Waals surface area (Å²) >= 11 is 0. The molecule has 0 aliphatic carbocycles. The fourth-order valence-electron chi connectivity index (χ4n) is 1.42. The first-order valence-electron chi connectivity index (χ1n) is 5.27.